The van der Waals surface area contributed by atoms with Gasteiger partial charge < -0.3 is 38.1 Å². The van der Waals surface area contributed by atoms with Crippen molar-refractivity contribution in [2.24, 2.45) is 11.8 Å². The van der Waals surface area contributed by atoms with E-state index in [-0.39, 0.29) is 50.1 Å². The summed E-state index contributed by atoms with van der Waals surface area (Å²) in [6.45, 7) is 3.63. The van der Waals surface area contributed by atoms with Gasteiger partial charge in [-0.3, -0.25) is 18.9 Å². The summed E-state index contributed by atoms with van der Waals surface area (Å²) in [6.07, 6.45) is 39.6. The predicted molar refractivity (Wildman–Crippen MR) is 250 cm³/mol. The van der Waals surface area contributed by atoms with Gasteiger partial charge in [-0.05, 0) is 64.2 Å². The average molecular weight is 904 g/mol. The SMILES string of the molecule is CC/C=C\C/C=C\C/C=C\C/C=C\C/C=C\C/C=C\CCC(=O)O[C@H](COC(=O)CCCCCC[C@H]1C(=O)C[C@@H](O)[C@@H]1/C=C/[C@@H](O)CCCCC)COP(=O)([O-])OCC[N+](C)(C)C. The molecule has 1 rings (SSSR count). The van der Waals surface area contributed by atoms with E-state index < -0.39 is 44.7 Å². The van der Waals surface area contributed by atoms with Crippen molar-refractivity contribution in [1.29, 1.82) is 0 Å². The molecule has 0 aliphatic heterocycles. The van der Waals surface area contributed by atoms with Crippen LogP contribution in [0, 0.1) is 11.8 Å². The first kappa shape index (κ1) is 57.8. The molecule has 12 nitrogen and oxygen atoms in total. The van der Waals surface area contributed by atoms with Gasteiger partial charge in [0.15, 0.2) is 6.10 Å². The highest BCUT2D eigenvalue weighted by molar-refractivity contribution is 7.45. The van der Waals surface area contributed by atoms with E-state index >= 15 is 0 Å². The Morgan fingerprint density at radius 2 is 1.37 bits per heavy atom. The second kappa shape index (κ2) is 36.1. The first-order valence-electron chi connectivity index (χ1n) is 23.4. The lowest BCUT2D eigenvalue weighted by molar-refractivity contribution is -0.870. The molecule has 0 saturated heterocycles. The van der Waals surface area contributed by atoms with Crippen molar-refractivity contribution in [2.75, 3.05) is 47.5 Å². The Kier molecular flexibility index (Phi) is 33.1. The Morgan fingerprint density at radius 1 is 0.778 bits per heavy atom. The summed E-state index contributed by atoms with van der Waals surface area (Å²) >= 11 is 0. The van der Waals surface area contributed by atoms with Gasteiger partial charge in [-0.25, -0.2) is 0 Å². The predicted octanol–water partition coefficient (Wildman–Crippen LogP) is 9.53. The molecule has 2 N–H and O–H groups in total. The number of likely N-dealkylation sites (N-methyl/N-ethyl adjacent to an activating group) is 1. The highest BCUT2D eigenvalue weighted by Crippen LogP contribution is 2.38. The Hall–Kier alpha value is -3.22. The molecule has 0 radical (unpaired) electrons. The molecule has 1 aliphatic carbocycles. The van der Waals surface area contributed by atoms with E-state index in [0.717, 1.165) is 77.0 Å². The van der Waals surface area contributed by atoms with Gasteiger partial charge in [0.05, 0.1) is 40.0 Å². The van der Waals surface area contributed by atoms with Gasteiger partial charge in [0.2, 0.25) is 0 Å². The first-order chi connectivity index (χ1) is 30.2. The minimum absolute atomic E-state index is 0.0400. The van der Waals surface area contributed by atoms with Gasteiger partial charge >= 0.3 is 11.9 Å². The van der Waals surface area contributed by atoms with E-state index in [1.54, 1.807) is 6.08 Å². The van der Waals surface area contributed by atoms with Crippen LogP contribution in [0.15, 0.2) is 85.1 Å². The summed E-state index contributed by atoms with van der Waals surface area (Å²) in [6, 6.07) is 0. The van der Waals surface area contributed by atoms with Crippen LogP contribution in [-0.4, -0.2) is 98.2 Å². The fraction of sp³-hybridized carbons (Fsp3) is 0.660. The van der Waals surface area contributed by atoms with Gasteiger partial charge in [-0.15, -0.1) is 0 Å². The third kappa shape index (κ3) is 33.0. The van der Waals surface area contributed by atoms with E-state index in [9.17, 15) is 34.1 Å². The van der Waals surface area contributed by atoms with Crippen molar-refractivity contribution in [3.63, 3.8) is 0 Å². The Morgan fingerprint density at radius 3 is 1.95 bits per heavy atom. The van der Waals surface area contributed by atoms with Crippen LogP contribution in [0.4, 0.5) is 0 Å². The maximum atomic E-state index is 12.7. The Bertz CT molecular complexity index is 1510. The maximum absolute atomic E-state index is 12.7. The lowest BCUT2D eigenvalue weighted by Crippen LogP contribution is -2.37. The molecule has 1 fully saturated rings. The molecule has 0 aromatic rings. The second-order valence-electron chi connectivity index (χ2n) is 17.2. The molecule has 1 unspecified atom stereocenters. The van der Waals surface area contributed by atoms with Gasteiger partial charge in [0, 0.05) is 31.1 Å². The fourth-order valence-electron chi connectivity index (χ4n) is 6.63. The summed E-state index contributed by atoms with van der Waals surface area (Å²) in [7, 11) is 0.972. The number of ketones is 1. The molecule has 1 saturated carbocycles. The highest BCUT2D eigenvalue weighted by atomic mass is 31.2. The number of nitrogens with zero attached hydrogens (tertiary/aromatic N) is 1. The van der Waals surface area contributed by atoms with E-state index in [0.29, 0.717) is 36.7 Å². The zero-order valence-corrected chi connectivity index (χ0v) is 40.1. The summed E-state index contributed by atoms with van der Waals surface area (Å²) in [4.78, 5) is 50.4. The number of rotatable bonds is 37. The van der Waals surface area contributed by atoms with Crippen LogP contribution in [0.3, 0.4) is 0 Å². The van der Waals surface area contributed by atoms with Crippen molar-refractivity contribution < 1.29 is 57.1 Å². The maximum Gasteiger partial charge on any atom is 0.306 e. The van der Waals surface area contributed by atoms with Crippen LogP contribution >= 0.6 is 7.82 Å². The zero-order valence-electron chi connectivity index (χ0n) is 39.2. The van der Waals surface area contributed by atoms with Gasteiger partial charge in [0.1, 0.15) is 25.5 Å². The largest absolute Gasteiger partial charge is 0.756 e. The number of unbranched alkanes of at least 4 members (excludes halogenated alkanes) is 5. The number of aliphatic hydroxyl groups is 2. The fourth-order valence-corrected chi connectivity index (χ4v) is 7.36. The number of ether oxygens (including phenoxy) is 2. The van der Waals surface area contributed by atoms with Crippen LogP contribution in [0.5, 0.6) is 0 Å². The van der Waals surface area contributed by atoms with Gasteiger partial charge in [-0.2, -0.15) is 0 Å². The minimum atomic E-state index is -4.71. The zero-order chi connectivity index (χ0) is 46.6. The quantitative estimate of drug-likeness (QED) is 0.0200. The first-order valence-corrected chi connectivity index (χ1v) is 24.9. The molecule has 0 aromatic carbocycles. The molecule has 1 aliphatic rings. The normalized spacial score (nSPS) is 19.6. The summed E-state index contributed by atoms with van der Waals surface area (Å²) in [5.74, 6) is -1.65. The standard InChI is InChI=1S/C50H82NO11P/c1-6-8-10-11-12-13-14-15-16-17-18-19-20-21-22-23-24-25-31-35-50(56)62-44(42-61-63(57,58)60-39-38-51(3,4)5)41-59-49(55)34-30-27-26-29-33-45-46(48(54)40-47(45)53)37-36-43(52)32-28-9-7-2/h8,10,12-13,15-16,18-19,21-22,24-25,36-37,43-46,48,52,54H,6-7,9,11,14,17,20,23,26-35,38-42H2,1-5H3/b10-8-,13-12-,16-15-,19-18-,22-21-,25-24-,37-36+/t43-,44+,45+,46+,48+/m0/s1. The van der Waals surface area contributed by atoms with Crippen molar-refractivity contribution in [3.8, 4) is 0 Å². The molecule has 0 aromatic heterocycles. The minimum Gasteiger partial charge on any atom is -0.756 e. The summed E-state index contributed by atoms with van der Waals surface area (Å²) < 4.78 is 33.8. The molecule has 63 heavy (non-hydrogen) atoms. The molecule has 0 heterocycles. The lowest BCUT2D eigenvalue weighted by atomic mass is 9.88. The van der Waals surface area contributed by atoms with Crippen molar-refractivity contribution in [3.05, 3.63) is 85.1 Å². The van der Waals surface area contributed by atoms with Crippen LogP contribution < -0.4 is 4.89 Å². The number of phosphoric acid groups is 1. The molecular formula is C50H82NO11P. The van der Waals surface area contributed by atoms with E-state index in [1.807, 2.05) is 39.4 Å². The highest BCUT2D eigenvalue weighted by Gasteiger charge is 2.39. The Balaban J connectivity index is 2.51. The van der Waals surface area contributed by atoms with Crippen molar-refractivity contribution >= 4 is 25.5 Å². The number of hydrogen-bond acceptors (Lipinski definition) is 11. The van der Waals surface area contributed by atoms with Crippen LogP contribution in [-0.2, 0) is 37.5 Å². The monoisotopic (exact) mass is 904 g/mol. The molecule has 0 amide bonds. The van der Waals surface area contributed by atoms with Crippen LogP contribution in [0.1, 0.15) is 136 Å². The summed E-state index contributed by atoms with van der Waals surface area (Å²) in [5, 5.41) is 20.8. The number of esters is 2. The average Bonchev–Trinajstić information content (AvgIpc) is 3.50. The third-order valence-electron chi connectivity index (χ3n) is 10.3. The number of hydrogen-bond donors (Lipinski definition) is 2. The molecular weight excluding hydrogens is 822 g/mol. The number of allylic oxidation sites excluding steroid dienone is 12. The number of aliphatic hydroxyl groups excluding tert-OH is 2. The molecule has 6 atom stereocenters. The lowest BCUT2D eigenvalue weighted by Gasteiger charge is -2.28. The number of carbonyl (C=O) groups excluding carboxylic acids is 3. The third-order valence-corrected chi connectivity index (χ3v) is 11.3. The molecule has 13 heteroatoms. The Labute approximate surface area is 380 Å². The topological polar surface area (TPSA) is 169 Å². The van der Waals surface area contributed by atoms with Gasteiger partial charge in [-0.1, -0.05) is 137 Å². The number of Topliss-reactive ketones (excluding diaryl/α,β-unsaturated/α-hetero) is 1. The molecule has 0 spiro atoms. The van der Waals surface area contributed by atoms with E-state index in [2.05, 4.69) is 74.6 Å². The van der Waals surface area contributed by atoms with Crippen LogP contribution in [0.2, 0.25) is 0 Å². The van der Waals surface area contributed by atoms with Crippen molar-refractivity contribution in [2.45, 2.75) is 154 Å². The number of quaternary nitrogens is 1. The van der Waals surface area contributed by atoms with E-state index in [1.165, 1.54) is 0 Å². The summed E-state index contributed by atoms with van der Waals surface area (Å²) in [5.41, 5.74) is 0. The smallest absolute Gasteiger partial charge is 0.306 e. The second-order valence-corrected chi connectivity index (χ2v) is 18.6. The number of phosphoric ester groups is 1. The van der Waals surface area contributed by atoms with Gasteiger partial charge in [0.25, 0.3) is 7.82 Å². The van der Waals surface area contributed by atoms with Crippen molar-refractivity contribution in [1.82, 2.24) is 0 Å². The number of carbonyl (C=O) groups is 3. The molecule has 358 valence electrons. The molecule has 0 bridgehead atoms. The van der Waals surface area contributed by atoms with E-state index in [4.69, 9.17) is 18.5 Å². The van der Waals surface area contributed by atoms with Crippen LogP contribution in [0.25, 0.3) is 0 Å².